The average Bonchev–Trinajstić information content (AvgIpc) is 2.86. The van der Waals surface area contributed by atoms with Crippen molar-refractivity contribution in [1.29, 1.82) is 0 Å². The monoisotopic (exact) mass is 345 g/mol. The zero-order chi connectivity index (χ0) is 17.3. The van der Waals surface area contributed by atoms with E-state index in [2.05, 4.69) is 9.71 Å². The summed E-state index contributed by atoms with van der Waals surface area (Å²) in [7, 11) is -3.78. The van der Waals surface area contributed by atoms with Gasteiger partial charge in [-0.3, -0.25) is 24.2 Å². The number of carbonyl (C=O) groups is 2. The number of nitrogens with one attached hydrogen (secondary N) is 1. The van der Waals surface area contributed by atoms with Crippen LogP contribution in [-0.4, -0.2) is 25.2 Å². The Balaban J connectivity index is 1.84. The molecule has 3 rings (SSSR count). The minimum Gasteiger partial charge on any atom is -0.278 e. The van der Waals surface area contributed by atoms with Crippen molar-refractivity contribution in [2.45, 2.75) is 24.7 Å². The van der Waals surface area contributed by atoms with Crippen molar-refractivity contribution in [2.24, 2.45) is 0 Å². The van der Waals surface area contributed by atoms with E-state index >= 15 is 0 Å². The van der Waals surface area contributed by atoms with Crippen LogP contribution in [0, 0.1) is 6.92 Å². The molecule has 2 amide bonds. The first-order valence-corrected chi connectivity index (χ1v) is 8.75. The summed E-state index contributed by atoms with van der Waals surface area (Å²) in [5.74, 6) is -0.556. The molecule has 0 saturated carbocycles. The number of sulfonamides is 1. The summed E-state index contributed by atoms with van der Waals surface area (Å²) in [6.07, 6.45) is 3.40. The van der Waals surface area contributed by atoms with Gasteiger partial charge in [0.1, 0.15) is 0 Å². The van der Waals surface area contributed by atoms with Crippen molar-refractivity contribution in [2.75, 3.05) is 9.62 Å². The maximum atomic E-state index is 12.4. The Morgan fingerprint density at radius 1 is 1.04 bits per heavy atom. The molecule has 0 atom stereocenters. The van der Waals surface area contributed by atoms with Gasteiger partial charge < -0.3 is 0 Å². The van der Waals surface area contributed by atoms with Gasteiger partial charge in [-0.15, -0.1) is 0 Å². The summed E-state index contributed by atoms with van der Waals surface area (Å²) >= 11 is 0. The lowest BCUT2D eigenvalue weighted by Gasteiger charge is -2.14. The third-order valence-electron chi connectivity index (χ3n) is 3.58. The molecule has 0 radical (unpaired) electrons. The zero-order valence-electron chi connectivity index (χ0n) is 12.9. The number of hydrogen-bond donors (Lipinski definition) is 1. The molecule has 24 heavy (non-hydrogen) atoms. The van der Waals surface area contributed by atoms with Crippen LogP contribution in [0.4, 0.5) is 11.4 Å². The average molecular weight is 345 g/mol. The summed E-state index contributed by atoms with van der Waals surface area (Å²) < 4.78 is 27.2. The predicted octanol–water partition coefficient (Wildman–Crippen LogP) is 1.84. The number of rotatable bonds is 4. The van der Waals surface area contributed by atoms with Crippen LogP contribution in [0.25, 0.3) is 0 Å². The highest BCUT2D eigenvalue weighted by molar-refractivity contribution is 7.92. The first kappa shape index (κ1) is 16.1. The van der Waals surface area contributed by atoms with Gasteiger partial charge in [0.25, 0.3) is 10.0 Å². The van der Waals surface area contributed by atoms with E-state index in [0.29, 0.717) is 11.4 Å². The molecule has 1 aromatic heterocycles. The van der Waals surface area contributed by atoms with Gasteiger partial charge in [0, 0.05) is 19.0 Å². The molecule has 1 aliphatic rings. The van der Waals surface area contributed by atoms with E-state index in [-0.39, 0.29) is 29.6 Å². The largest absolute Gasteiger partial charge is 0.278 e. The number of aryl methyl sites for hydroxylation is 1. The fraction of sp³-hybridized carbons (Fsp3) is 0.188. The Labute approximate surface area is 139 Å². The van der Waals surface area contributed by atoms with Gasteiger partial charge >= 0.3 is 0 Å². The topological polar surface area (TPSA) is 96.4 Å². The van der Waals surface area contributed by atoms with Crippen LogP contribution >= 0.6 is 0 Å². The third-order valence-corrected chi connectivity index (χ3v) is 4.98. The standard InChI is InChI=1S/C16H15N3O4S/c1-11-8-12(10-17-9-11)18-24(22,23)14-4-2-13(3-5-14)19-15(20)6-7-16(19)21/h2-5,8-10,18H,6-7H2,1H3. The number of benzene rings is 1. The first-order chi connectivity index (χ1) is 11.4. The number of carbonyl (C=O) groups excluding carboxylic acids is 2. The van der Waals surface area contributed by atoms with E-state index < -0.39 is 10.0 Å². The predicted molar refractivity (Wildman–Crippen MR) is 88.0 cm³/mol. The number of hydrogen-bond acceptors (Lipinski definition) is 5. The maximum absolute atomic E-state index is 12.4. The molecule has 1 fully saturated rings. The highest BCUT2D eigenvalue weighted by atomic mass is 32.2. The molecule has 2 heterocycles. The number of aromatic nitrogens is 1. The Morgan fingerprint density at radius 3 is 2.25 bits per heavy atom. The summed E-state index contributed by atoms with van der Waals surface area (Å²) in [5, 5.41) is 0. The molecule has 0 spiro atoms. The second kappa shape index (κ2) is 6.04. The number of imide groups is 1. The maximum Gasteiger partial charge on any atom is 0.261 e. The zero-order valence-corrected chi connectivity index (χ0v) is 13.7. The van der Waals surface area contributed by atoms with Crippen LogP contribution in [0.3, 0.4) is 0 Å². The van der Waals surface area contributed by atoms with Crippen molar-refractivity contribution >= 4 is 33.2 Å². The van der Waals surface area contributed by atoms with E-state index in [1.54, 1.807) is 12.3 Å². The van der Waals surface area contributed by atoms with Crippen LogP contribution in [-0.2, 0) is 19.6 Å². The van der Waals surface area contributed by atoms with Gasteiger partial charge in [0.05, 0.1) is 22.5 Å². The lowest BCUT2D eigenvalue weighted by molar-refractivity contribution is -0.121. The summed E-state index contributed by atoms with van der Waals surface area (Å²) in [5.41, 5.74) is 1.57. The highest BCUT2D eigenvalue weighted by Crippen LogP contribution is 2.24. The van der Waals surface area contributed by atoms with Gasteiger partial charge in [-0.25, -0.2) is 8.42 Å². The molecule has 0 unspecified atom stereocenters. The molecule has 1 saturated heterocycles. The summed E-state index contributed by atoms with van der Waals surface area (Å²) in [6, 6.07) is 7.29. The van der Waals surface area contributed by atoms with E-state index in [1.807, 2.05) is 6.92 Å². The van der Waals surface area contributed by atoms with Gasteiger partial charge in [-0.2, -0.15) is 0 Å². The van der Waals surface area contributed by atoms with E-state index in [9.17, 15) is 18.0 Å². The molecule has 1 N–H and O–H groups in total. The Hall–Kier alpha value is -2.74. The number of pyridine rings is 1. The number of amides is 2. The smallest absolute Gasteiger partial charge is 0.261 e. The van der Waals surface area contributed by atoms with Crippen LogP contribution in [0.2, 0.25) is 0 Å². The van der Waals surface area contributed by atoms with Crippen LogP contribution in [0.5, 0.6) is 0 Å². The minimum atomic E-state index is -3.78. The lowest BCUT2D eigenvalue weighted by Crippen LogP contribution is -2.28. The molecular formula is C16H15N3O4S. The van der Waals surface area contributed by atoms with Crippen molar-refractivity contribution in [1.82, 2.24) is 4.98 Å². The molecule has 2 aromatic rings. The second-order valence-electron chi connectivity index (χ2n) is 5.47. The molecule has 7 nitrogen and oxygen atoms in total. The van der Waals surface area contributed by atoms with Gasteiger partial charge in [-0.1, -0.05) is 0 Å². The Bertz CT molecular complexity index is 891. The molecule has 8 heteroatoms. The van der Waals surface area contributed by atoms with Gasteiger partial charge in [-0.05, 0) is 42.8 Å². The quantitative estimate of drug-likeness (QED) is 0.853. The van der Waals surface area contributed by atoms with E-state index in [0.717, 1.165) is 10.5 Å². The third kappa shape index (κ3) is 3.13. The minimum absolute atomic E-state index is 0.0341. The second-order valence-corrected chi connectivity index (χ2v) is 7.16. The van der Waals surface area contributed by atoms with Crippen LogP contribution < -0.4 is 9.62 Å². The molecule has 1 aromatic carbocycles. The summed E-state index contributed by atoms with van der Waals surface area (Å²) in [4.78, 5) is 28.5. The Morgan fingerprint density at radius 2 is 1.67 bits per heavy atom. The molecule has 124 valence electrons. The summed E-state index contributed by atoms with van der Waals surface area (Å²) in [6.45, 7) is 1.81. The SMILES string of the molecule is Cc1cncc(NS(=O)(=O)c2ccc(N3C(=O)CCC3=O)cc2)c1. The van der Waals surface area contributed by atoms with Crippen molar-refractivity contribution < 1.29 is 18.0 Å². The molecule has 0 bridgehead atoms. The highest BCUT2D eigenvalue weighted by Gasteiger charge is 2.30. The van der Waals surface area contributed by atoms with Crippen LogP contribution in [0.15, 0.2) is 47.6 Å². The molecule has 1 aliphatic heterocycles. The van der Waals surface area contributed by atoms with Crippen molar-refractivity contribution in [3.05, 3.63) is 48.3 Å². The fourth-order valence-electron chi connectivity index (χ4n) is 2.46. The van der Waals surface area contributed by atoms with Gasteiger partial charge in [0.15, 0.2) is 0 Å². The molecule has 0 aliphatic carbocycles. The van der Waals surface area contributed by atoms with E-state index in [4.69, 9.17) is 0 Å². The van der Waals surface area contributed by atoms with Crippen molar-refractivity contribution in [3.63, 3.8) is 0 Å². The number of nitrogens with zero attached hydrogens (tertiary/aromatic N) is 2. The van der Waals surface area contributed by atoms with Crippen molar-refractivity contribution in [3.8, 4) is 0 Å². The van der Waals surface area contributed by atoms with Crippen LogP contribution in [0.1, 0.15) is 18.4 Å². The van der Waals surface area contributed by atoms with E-state index in [1.165, 1.54) is 30.5 Å². The first-order valence-electron chi connectivity index (χ1n) is 7.27. The Kier molecular flexibility index (Phi) is 4.06. The van der Waals surface area contributed by atoms with Gasteiger partial charge in [0.2, 0.25) is 11.8 Å². The fourth-order valence-corrected chi connectivity index (χ4v) is 3.50. The lowest BCUT2D eigenvalue weighted by atomic mass is 10.3. The number of anilines is 2. The normalized spacial score (nSPS) is 15.0. The molecular weight excluding hydrogens is 330 g/mol.